The maximum atomic E-state index is 12.0. The molecule has 1 fully saturated rings. The van der Waals surface area contributed by atoms with Crippen LogP contribution in [0.15, 0.2) is 21.5 Å². The zero-order valence-corrected chi connectivity index (χ0v) is 13.5. The van der Waals surface area contributed by atoms with Crippen LogP contribution in [0.4, 0.5) is 5.13 Å². The van der Waals surface area contributed by atoms with E-state index in [9.17, 15) is 9.59 Å². The molecule has 21 heavy (non-hydrogen) atoms. The molecule has 2 aromatic rings. The zero-order chi connectivity index (χ0) is 14.8. The number of pyridine rings is 1. The summed E-state index contributed by atoms with van der Waals surface area (Å²) in [5.41, 5.74) is 0.391. The predicted octanol–water partition coefficient (Wildman–Crippen LogP) is 2.12. The van der Waals surface area contributed by atoms with Gasteiger partial charge >= 0.3 is 0 Å². The summed E-state index contributed by atoms with van der Waals surface area (Å²) in [5.74, 6) is 1.31. The number of carbonyl (C=O) groups is 1. The molecule has 0 radical (unpaired) electrons. The molecule has 0 aromatic carbocycles. The van der Waals surface area contributed by atoms with E-state index in [1.54, 1.807) is 6.07 Å². The molecule has 0 spiro atoms. The third-order valence-corrected chi connectivity index (χ3v) is 4.75. The van der Waals surface area contributed by atoms with Crippen molar-refractivity contribution >= 4 is 38.5 Å². The third kappa shape index (κ3) is 3.76. The van der Waals surface area contributed by atoms with Gasteiger partial charge in [-0.05, 0) is 46.3 Å². The van der Waals surface area contributed by atoms with Gasteiger partial charge in [0.15, 0.2) is 0 Å². The molecular weight excluding hydrogens is 356 g/mol. The summed E-state index contributed by atoms with van der Waals surface area (Å²) in [4.78, 5) is 30.3. The highest BCUT2D eigenvalue weighted by atomic mass is 79.9. The second-order valence-corrected chi connectivity index (χ2v) is 6.58. The number of aromatic nitrogens is 3. The highest BCUT2D eigenvalue weighted by Crippen LogP contribution is 2.32. The molecule has 1 aliphatic rings. The van der Waals surface area contributed by atoms with E-state index in [1.165, 1.54) is 30.6 Å². The smallest absolute Gasteiger partial charge is 0.262 e. The first-order chi connectivity index (χ1) is 10.1. The maximum Gasteiger partial charge on any atom is 0.262 e. The Labute approximate surface area is 133 Å². The fourth-order valence-corrected chi connectivity index (χ4v) is 2.94. The van der Waals surface area contributed by atoms with Gasteiger partial charge in [-0.3, -0.25) is 9.59 Å². The molecule has 2 N–H and O–H groups in total. The lowest BCUT2D eigenvalue weighted by atomic mass is 10.2. The van der Waals surface area contributed by atoms with E-state index in [1.807, 2.05) is 0 Å². The Kier molecular flexibility index (Phi) is 4.16. The summed E-state index contributed by atoms with van der Waals surface area (Å²) >= 11 is 4.38. The first-order valence-corrected chi connectivity index (χ1v) is 8.17. The van der Waals surface area contributed by atoms with Gasteiger partial charge in [-0.2, -0.15) is 4.37 Å². The third-order valence-electron chi connectivity index (χ3n) is 3.21. The topological polar surface area (TPSA) is 87.7 Å². The monoisotopic (exact) mass is 368 g/mol. The SMILES string of the molecule is O=C(Cc1cc[nH]c(=O)c1Br)Nc1nc(CC2CC2)ns1. The molecule has 1 saturated carbocycles. The molecule has 2 heterocycles. The van der Waals surface area contributed by atoms with Crippen LogP contribution in [0.3, 0.4) is 0 Å². The van der Waals surface area contributed by atoms with E-state index in [0.29, 0.717) is 15.2 Å². The Balaban J connectivity index is 1.61. The Hall–Kier alpha value is -1.54. The van der Waals surface area contributed by atoms with Crippen molar-refractivity contribution in [1.82, 2.24) is 14.3 Å². The number of hydrogen-bond donors (Lipinski definition) is 2. The molecule has 110 valence electrons. The standard InChI is InChI=1S/C13H13BrN4O2S/c14-11-8(3-4-15-12(11)20)6-10(19)17-13-16-9(18-21-13)5-7-1-2-7/h3-4,7H,1-2,5-6H2,(H,15,20)(H,16,17,18,19). The second-order valence-electron chi connectivity index (χ2n) is 5.03. The molecule has 0 saturated heterocycles. The van der Waals surface area contributed by atoms with E-state index in [0.717, 1.165) is 18.2 Å². The van der Waals surface area contributed by atoms with Gasteiger partial charge in [-0.1, -0.05) is 0 Å². The Morgan fingerprint density at radius 3 is 3.10 bits per heavy atom. The van der Waals surface area contributed by atoms with E-state index >= 15 is 0 Å². The number of amides is 1. The van der Waals surface area contributed by atoms with Crippen molar-refractivity contribution in [2.45, 2.75) is 25.7 Å². The lowest BCUT2D eigenvalue weighted by molar-refractivity contribution is -0.115. The molecule has 1 amide bonds. The number of nitrogens with zero attached hydrogens (tertiary/aromatic N) is 2. The van der Waals surface area contributed by atoms with Gasteiger partial charge in [0, 0.05) is 24.2 Å². The minimum Gasteiger partial charge on any atom is -0.328 e. The molecule has 1 aliphatic carbocycles. The Morgan fingerprint density at radius 1 is 1.52 bits per heavy atom. The first kappa shape index (κ1) is 14.4. The van der Waals surface area contributed by atoms with Gasteiger partial charge in [-0.15, -0.1) is 0 Å². The zero-order valence-electron chi connectivity index (χ0n) is 11.1. The fourth-order valence-electron chi connectivity index (χ4n) is 1.94. The first-order valence-electron chi connectivity index (χ1n) is 6.60. The summed E-state index contributed by atoms with van der Waals surface area (Å²) in [6, 6.07) is 1.70. The average Bonchev–Trinajstić information content (AvgIpc) is 3.15. The Bertz CT molecular complexity index is 723. The molecule has 0 aliphatic heterocycles. The lowest BCUT2D eigenvalue weighted by Crippen LogP contribution is -2.17. The van der Waals surface area contributed by atoms with Gasteiger partial charge in [0.2, 0.25) is 11.0 Å². The van der Waals surface area contributed by atoms with Crippen LogP contribution >= 0.6 is 27.5 Å². The van der Waals surface area contributed by atoms with Crippen LogP contribution in [-0.4, -0.2) is 20.2 Å². The summed E-state index contributed by atoms with van der Waals surface area (Å²) in [6.45, 7) is 0. The van der Waals surface area contributed by atoms with Gasteiger partial charge in [-0.25, -0.2) is 4.98 Å². The van der Waals surface area contributed by atoms with Gasteiger partial charge in [0.05, 0.1) is 10.9 Å². The van der Waals surface area contributed by atoms with Gasteiger partial charge in [0.25, 0.3) is 5.56 Å². The highest BCUT2D eigenvalue weighted by Gasteiger charge is 2.23. The summed E-state index contributed by atoms with van der Waals surface area (Å²) in [7, 11) is 0. The number of nitrogens with one attached hydrogen (secondary N) is 2. The van der Waals surface area contributed by atoms with Crippen LogP contribution in [0.5, 0.6) is 0 Å². The van der Waals surface area contributed by atoms with Crippen molar-refractivity contribution in [3.05, 3.63) is 38.5 Å². The summed E-state index contributed by atoms with van der Waals surface area (Å²) in [6.07, 6.45) is 5.03. The molecular formula is C13H13BrN4O2S. The summed E-state index contributed by atoms with van der Waals surface area (Å²) < 4.78 is 4.62. The number of hydrogen-bond acceptors (Lipinski definition) is 5. The Morgan fingerprint density at radius 2 is 2.33 bits per heavy atom. The van der Waals surface area contributed by atoms with Crippen LogP contribution < -0.4 is 10.9 Å². The van der Waals surface area contributed by atoms with Gasteiger partial charge < -0.3 is 10.3 Å². The van der Waals surface area contributed by atoms with Crippen LogP contribution in [-0.2, 0) is 17.6 Å². The van der Waals surface area contributed by atoms with Crippen molar-refractivity contribution in [3.8, 4) is 0 Å². The van der Waals surface area contributed by atoms with Crippen molar-refractivity contribution in [1.29, 1.82) is 0 Å². The molecule has 0 bridgehead atoms. The van der Waals surface area contributed by atoms with Crippen molar-refractivity contribution in [2.24, 2.45) is 5.92 Å². The maximum absolute atomic E-state index is 12.0. The van der Waals surface area contributed by atoms with Gasteiger partial charge in [0.1, 0.15) is 5.82 Å². The number of aromatic amines is 1. The fraction of sp³-hybridized carbons (Fsp3) is 0.385. The number of halogens is 1. The lowest BCUT2D eigenvalue weighted by Gasteiger charge is -2.03. The van der Waals surface area contributed by atoms with Crippen LogP contribution in [0.2, 0.25) is 0 Å². The molecule has 2 aromatic heterocycles. The van der Waals surface area contributed by atoms with Crippen LogP contribution in [0.1, 0.15) is 24.2 Å². The normalized spacial score (nSPS) is 14.1. The van der Waals surface area contributed by atoms with E-state index in [-0.39, 0.29) is 17.9 Å². The van der Waals surface area contributed by atoms with E-state index < -0.39 is 0 Å². The van der Waals surface area contributed by atoms with E-state index in [2.05, 4.69) is 35.6 Å². The molecule has 0 unspecified atom stereocenters. The minimum atomic E-state index is -0.247. The van der Waals surface area contributed by atoms with Crippen LogP contribution in [0.25, 0.3) is 0 Å². The largest absolute Gasteiger partial charge is 0.328 e. The van der Waals surface area contributed by atoms with Crippen LogP contribution in [0, 0.1) is 5.92 Å². The summed E-state index contributed by atoms with van der Waals surface area (Å²) in [5, 5.41) is 3.23. The molecule has 8 heteroatoms. The average molecular weight is 369 g/mol. The number of H-pyrrole nitrogens is 1. The molecule has 6 nitrogen and oxygen atoms in total. The predicted molar refractivity (Wildman–Crippen MR) is 83.4 cm³/mol. The van der Waals surface area contributed by atoms with E-state index in [4.69, 9.17) is 0 Å². The van der Waals surface area contributed by atoms with Crippen molar-refractivity contribution in [3.63, 3.8) is 0 Å². The number of anilines is 1. The molecule has 3 rings (SSSR count). The minimum absolute atomic E-state index is 0.113. The second kappa shape index (κ2) is 6.07. The van der Waals surface area contributed by atoms with Crippen molar-refractivity contribution < 1.29 is 4.79 Å². The quantitative estimate of drug-likeness (QED) is 0.845. The number of rotatable bonds is 5. The number of carbonyl (C=O) groups excluding carboxylic acids is 1. The molecule has 0 atom stereocenters. The van der Waals surface area contributed by atoms with Crippen molar-refractivity contribution in [2.75, 3.05) is 5.32 Å². The highest BCUT2D eigenvalue weighted by molar-refractivity contribution is 9.10.